The first-order valence-electron chi connectivity index (χ1n) is 15.8. The molecule has 0 spiro atoms. The lowest BCUT2D eigenvalue weighted by molar-refractivity contribution is 0.234. The molecule has 1 aliphatic carbocycles. The molecule has 234 valence electrons. The largest absolute Gasteiger partial charge is 0.372 e. The number of aliphatic imine (C=N–C) groups is 1. The summed E-state index contributed by atoms with van der Waals surface area (Å²) in [6.45, 7) is 20.2. The Morgan fingerprint density at radius 1 is 1.23 bits per heavy atom. The zero-order chi connectivity index (χ0) is 31.7. The van der Waals surface area contributed by atoms with Crippen LogP contribution in [0.15, 0.2) is 94.6 Å². The van der Waals surface area contributed by atoms with E-state index in [1.807, 2.05) is 37.3 Å². The van der Waals surface area contributed by atoms with Crippen molar-refractivity contribution in [2.75, 3.05) is 18.0 Å². The highest BCUT2D eigenvalue weighted by Gasteiger charge is 2.32. The number of benzene rings is 1. The van der Waals surface area contributed by atoms with Crippen LogP contribution in [0, 0.1) is 5.92 Å². The number of hydrogen-bond acceptors (Lipinski definition) is 3. The predicted molar refractivity (Wildman–Crippen MR) is 182 cm³/mol. The number of halogens is 3. The maximum absolute atomic E-state index is 14.9. The van der Waals surface area contributed by atoms with E-state index >= 15 is 0 Å². The average molecular weight is 610 g/mol. The van der Waals surface area contributed by atoms with Crippen molar-refractivity contribution in [3.8, 4) is 0 Å². The van der Waals surface area contributed by atoms with Crippen molar-refractivity contribution >= 4 is 23.1 Å². The zero-order valence-corrected chi connectivity index (χ0v) is 27.9. The molecule has 3 rings (SSSR count). The lowest BCUT2D eigenvalue weighted by Crippen LogP contribution is -2.45. The van der Waals surface area contributed by atoms with Gasteiger partial charge in [0.1, 0.15) is 17.3 Å². The Hall–Kier alpha value is -2.92. The Balaban J connectivity index is 2.11. The van der Waals surface area contributed by atoms with Gasteiger partial charge in [-0.25, -0.2) is 13.8 Å². The summed E-state index contributed by atoms with van der Waals surface area (Å²) in [7, 11) is 0. The smallest absolute Gasteiger partial charge is 0.141 e. The van der Waals surface area contributed by atoms with Gasteiger partial charge < -0.3 is 9.80 Å². The molecule has 3 atom stereocenters. The maximum atomic E-state index is 14.9. The van der Waals surface area contributed by atoms with Crippen LogP contribution in [0.5, 0.6) is 0 Å². The summed E-state index contributed by atoms with van der Waals surface area (Å²) in [5.41, 5.74) is 4.89. The third-order valence-corrected chi connectivity index (χ3v) is 8.94. The van der Waals surface area contributed by atoms with Crippen molar-refractivity contribution < 1.29 is 8.78 Å². The van der Waals surface area contributed by atoms with Gasteiger partial charge in [0.05, 0.1) is 12.2 Å². The average Bonchev–Trinajstić information content (AvgIpc) is 2.97. The molecule has 1 aliphatic heterocycles. The first kappa shape index (κ1) is 34.6. The van der Waals surface area contributed by atoms with Crippen LogP contribution in [0.3, 0.4) is 0 Å². The van der Waals surface area contributed by atoms with Crippen molar-refractivity contribution in [1.29, 1.82) is 0 Å². The first-order chi connectivity index (χ1) is 20.4. The van der Waals surface area contributed by atoms with E-state index in [0.717, 1.165) is 84.7 Å². The molecule has 0 saturated carbocycles. The van der Waals surface area contributed by atoms with Crippen molar-refractivity contribution in [2.24, 2.45) is 10.9 Å². The van der Waals surface area contributed by atoms with E-state index in [0.29, 0.717) is 11.4 Å². The minimum absolute atomic E-state index is 0.0265. The third-order valence-electron chi connectivity index (χ3n) is 8.70. The van der Waals surface area contributed by atoms with E-state index in [4.69, 9.17) is 16.6 Å². The molecule has 0 aromatic heterocycles. The number of hydrogen-bond donors (Lipinski definition) is 0. The molecule has 1 heterocycles. The number of anilines is 1. The third kappa shape index (κ3) is 9.04. The monoisotopic (exact) mass is 609 g/mol. The van der Waals surface area contributed by atoms with E-state index in [9.17, 15) is 8.78 Å². The fourth-order valence-electron chi connectivity index (χ4n) is 5.61. The molecule has 1 aromatic rings. The Morgan fingerprint density at radius 2 is 1.98 bits per heavy atom. The normalized spacial score (nSPS) is 26.1. The van der Waals surface area contributed by atoms with Gasteiger partial charge in [0.2, 0.25) is 0 Å². The Kier molecular flexibility index (Phi) is 12.6. The molecule has 0 fully saturated rings. The van der Waals surface area contributed by atoms with Gasteiger partial charge in [-0.3, -0.25) is 0 Å². The van der Waals surface area contributed by atoms with E-state index < -0.39 is 11.5 Å². The molecule has 0 saturated heterocycles. The van der Waals surface area contributed by atoms with Crippen LogP contribution in [0.2, 0.25) is 5.02 Å². The topological polar surface area (TPSA) is 18.8 Å². The highest BCUT2D eigenvalue weighted by atomic mass is 35.5. The molecule has 3 unspecified atom stereocenters. The molecule has 0 N–H and O–H groups in total. The lowest BCUT2D eigenvalue weighted by Gasteiger charge is -2.39. The van der Waals surface area contributed by atoms with Gasteiger partial charge >= 0.3 is 0 Å². The molecule has 2 aliphatic rings. The van der Waals surface area contributed by atoms with E-state index in [2.05, 4.69) is 57.1 Å². The van der Waals surface area contributed by atoms with Crippen LogP contribution in [-0.2, 0) is 6.42 Å². The SMILES string of the molecule is C=C(CC)CC1/C(C)=C/C=C\C(F)=C\N=C(\C(C)CCN(CCC)C2=CCC(C)(F)C(C)=C2)N1c1cc(Cl)ccc1CC. The van der Waals surface area contributed by atoms with Gasteiger partial charge in [-0.1, -0.05) is 81.3 Å². The summed E-state index contributed by atoms with van der Waals surface area (Å²) >= 11 is 6.62. The number of aryl methyl sites for hydroxylation is 1. The molecule has 3 nitrogen and oxygen atoms in total. The molecule has 6 heteroatoms. The van der Waals surface area contributed by atoms with E-state index in [-0.39, 0.29) is 12.0 Å². The standard InChI is InChI=1S/C37H50ClF2N3/c1-9-20-42(33-17-19-37(8,40)29(7)23-33)21-18-28(6)36-41-25-32(39)14-12-13-27(5)34(22-26(4)10-2)43(36)35-24-31(38)16-15-30(35)11-3/h12-17,23-25,28,34H,4,9-11,18-22H2,1-3,5-8H3/b14-12-,27-13+,32-25-,41-36-. The summed E-state index contributed by atoms with van der Waals surface area (Å²) in [5, 5.41) is 0.646. The van der Waals surface area contributed by atoms with Crippen molar-refractivity contribution in [3.05, 3.63) is 100 Å². The van der Waals surface area contributed by atoms with E-state index in [1.165, 1.54) is 12.3 Å². The van der Waals surface area contributed by atoms with Gasteiger partial charge in [0, 0.05) is 41.8 Å². The van der Waals surface area contributed by atoms with Crippen LogP contribution < -0.4 is 4.90 Å². The van der Waals surface area contributed by atoms with Gasteiger partial charge in [0.15, 0.2) is 0 Å². The lowest BCUT2D eigenvalue weighted by atomic mass is 9.89. The first-order valence-corrected chi connectivity index (χ1v) is 16.1. The molecule has 43 heavy (non-hydrogen) atoms. The van der Waals surface area contributed by atoms with Crippen LogP contribution in [0.4, 0.5) is 14.5 Å². The number of amidine groups is 1. The summed E-state index contributed by atoms with van der Waals surface area (Å²) < 4.78 is 29.8. The summed E-state index contributed by atoms with van der Waals surface area (Å²) in [4.78, 5) is 9.50. The summed E-state index contributed by atoms with van der Waals surface area (Å²) in [5.74, 6) is 0.365. The predicted octanol–water partition coefficient (Wildman–Crippen LogP) is 10.9. The van der Waals surface area contributed by atoms with Gasteiger partial charge in [-0.2, -0.15) is 0 Å². The zero-order valence-electron chi connectivity index (χ0n) is 27.2. The second-order valence-corrected chi connectivity index (χ2v) is 12.6. The van der Waals surface area contributed by atoms with Crippen molar-refractivity contribution in [2.45, 2.75) is 98.7 Å². The molecular formula is C37H50ClF2N3. The highest BCUT2D eigenvalue weighted by molar-refractivity contribution is 6.31. The fraction of sp³-hybridized carbons (Fsp3) is 0.486. The Morgan fingerprint density at radius 3 is 2.63 bits per heavy atom. The number of rotatable bonds is 12. The van der Waals surface area contributed by atoms with Gasteiger partial charge in [0.25, 0.3) is 0 Å². The van der Waals surface area contributed by atoms with Gasteiger partial charge in [-0.05, 0) is 88.3 Å². The molecule has 0 radical (unpaired) electrons. The summed E-state index contributed by atoms with van der Waals surface area (Å²) in [6, 6.07) is 5.94. The van der Waals surface area contributed by atoms with E-state index in [1.54, 1.807) is 13.0 Å². The molecular weight excluding hydrogens is 560 g/mol. The Bertz CT molecular complexity index is 1330. The van der Waals surface area contributed by atoms with Crippen LogP contribution in [-0.4, -0.2) is 35.5 Å². The fourth-order valence-corrected chi connectivity index (χ4v) is 5.78. The Labute approximate surface area is 264 Å². The second-order valence-electron chi connectivity index (χ2n) is 12.1. The second kappa shape index (κ2) is 15.7. The van der Waals surface area contributed by atoms with Crippen molar-refractivity contribution in [3.63, 3.8) is 0 Å². The van der Waals surface area contributed by atoms with Crippen LogP contribution in [0.25, 0.3) is 0 Å². The maximum Gasteiger partial charge on any atom is 0.141 e. The number of nitrogens with zero attached hydrogens (tertiary/aromatic N) is 3. The van der Waals surface area contributed by atoms with Gasteiger partial charge in [-0.15, -0.1) is 0 Å². The van der Waals surface area contributed by atoms with Crippen LogP contribution >= 0.6 is 11.6 Å². The summed E-state index contributed by atoms with van der Waals surface area (Å²) in [6.07, 6.45) is 15.1. The highest BCUT2D eigenvalue weighted by Crippen LogP contribution is 2.35. The van der Waals surface area contributed by atoms with Crippen molar-refractivity contribution in [1.82, 2.24) is 4.90 Å². The van der Waals surface area contributed by atoms with Crippen LogP contribution in [0.1, 0.15) is 86.1 Å². The molecule has 1 aromatic carbocycles. The molecule has 0 bridgehead atoms. The number of alkyl halides is 1. The quantitative estimate of drug-likeness (QED) is 0.219. The minimum Gasteiger partial charge on any atom is -0.372 e. The minimum atomic E-state index is -1.30. The number of allylic oxidation sites excluding steroid dienone is 7. The molecule has 0 amide bonds.